The van der Waals surface area contributed by atoms with E-state index >= 15 is 0 Å². The van der Waals surface area contributed by atoms with Gasteiger partial charge in [0.2, 0.25) is 0 Å². The fourth-order valence-corrected chi connectivity index (χ4v) is 3.25. The number of hydrogen-bond donors (Lipinski definition) is 1. The summed E-state index contributed by atoms with van der Waals surface area (Å²) >= 11 is 1.62. The van der Waals surface area contributed by atoms with E-state index in [9.17, 15) is 0 Å². The summed E-state index contributed by atoms with van der Waals surface area (Å²) in [4.78, 5) is 11.1. The lowest BCUT2D eigenvalue weighted by atomic mass is 10.1. The number of thiazole rings is 1. The number of amidine groups is 1. The molecule has 0 aliphatic carbocycles. The first-order valence-corrected chi connectivity index (χ1v) is 8.54. The fourth-order valence-electron chi connectivity index (χ4n) is 2.28. The average molecular weight is 337 g/mol. The molecule has 0 aliphatic heterocycles. The summed E-state index contributed by atoms with van der Waals surface area (Å²) in [5, 5.41) is 5.00. The number of hydrogen-bond acceptors (Lipinski definition) is 4. The Hall–Kier alpha value is -2.66. The van der Waals surface area contributed by atoms with Gasteiger partial charge in [0.1, 0.15) is 10.8 Å². The van der Waals surface area contributed by atoms with E-state index in [-0.39, 0.29) is 0 Å². The maximum atomic E-state index is 5.92. The minimum Gasteiger partial charge on any atom is -0.389 e. The summed E-state index contributed by atoms with van der Waals surface area (Å²) in [6.07, 6.45) is 0.581. The van der Waals surface area contributed by atoms with Crippen molar-refractivity contribution in [3.8, 4) is 10.6 Å². The van der Waals surface area contributed by atoms with E-state index in [1.54, 1.807) is 11.3 Å². The second-order valence-corrected chi connectivity index (χ2v) is 6.50. The molecular formula is C19H19N3OS. The normalized spacial score (nSPS) is 11.5. The Morgan fingerprint density at radius 2 is 1.75 bits per heavy atom. The van der Waals surface area contributed by atoms with E-state index < -0.39 is 0 Å². The van der Waals surface area contributed by atoms with Gasteiger partial charge in [0.25, 0.3) is 0 Å². The van der Waals surface area contributed by atoms with Gasteiger partial charge in [0.15, 0.2) is 6.61 Å². The first kappa shape index (κ1) is 16.2. The lowest BCUT2D eigenvalue weighted by molar-refractivity contribution is 0.131. The molecule has 2 N–H and O–H groups in total. The van der Waals surface area contributed by atoms with Crippen LogP contribution in [0.4, 0.5) is 0 Å². The van der Waals surface area contributed by atoms with Crippen LogP contribution in [-0.4, -0.2) is 10.8 Å². The zero-order valence-corrected chi connectivity index (χ0v) is 14.3. The highest BCUT2D eigenvalue weighted by molar-refractivity contribution is 7.15. The third kappa shape index (κ3) is 4.20. The molecule has 1 heterocycles. The molecule has 0 unspecified atom stereocenters. The molecular weight excluding hydrogens is 318 g/mol. The first-order chi connectivity index (χ1) is 11.7. The number of nitrogens with two attached hydrogens (primary N) is 1. The van der Waals surface area contributed by atoms with Gasteiger partial charge < -0.3 is 10.6 Å². The van der Waals surface area contributed by atoms with Gasteiger partial charge in [-0.15, -0.1) is 11.3 Å². The number of nitrogens with zero attached hydrogens (tertiary/aromatic N) is 2. The van der Waals surface area contributed by atoms with E-state index in [0.717, 1.165) is 26.7 Å². The van der Waals surface area contributed by atoms with Crippen LogP contribution in [0.5, 0.6) is 0 Å². The molecule has 5 heteroatoms. The minimum absolute atomic E-state index is 0.381. The highest BCUT2D eigenvalue weighted by atomic mass is 32.1. The molecule has 0 bridgehead atoms. The van der Waals surface area contributed by atoms with Crippen LogP contribution in [0.25, 0.3) is 10.6 Å². The van der Waals surface area contributed by atoms with Crippen LogP contribution in [0.1, 0.15) is 16.1 Å². The third-order valence-corrected chi connectivity index (χ3v) is 4.70. The standard InChI is InChI=1S/C19H19N3OS/c1-14-17(24-19(21-14)16-10-6-3-7-11-16)13-23-22-18(20)12-15-8-4-2-5-9-15/h2-11H,12-13H2,1H3,(H2,20,22). The second-order valence-electron chi connectivity index (χ2n) is 5.41. The maximum absolute atomic E-state index is 5.92. The van der Waals surface area contributed by atoms with Crippen molar-refractivity contribution in [1.82, 2.24) is 4.98 Å². The fraction of sp³-hybridized carbons (Fsp3) is 0.158. The van der Waals surface area contributed by atoms with Gasteiger partial charge >= 0.3 is 0 Å². The van der Waals surface area contributed by atoms with Crippen molar-refractivity contribution < 1.29 is 4.84 Å². The summed E-state index contributed by atoms with van der Waals surface area (Å²) < 4.78 is 0. The smallest absolute Gasteiger partial charge is 0.153 e. The maximum Gasteiger partial charge on any atom is 0.153 e. The van der Waals surface area contributed by atoms with Crippen molar-refractivity contribution >= 4 is 17.2 Å². The zero-order chi connectivity index (χ0) is 16.8. The van der Waals surface area contributed by atoms with Crippen LogP contribution in [0.3, 0.4) is 0 Å². The lowest BCUT2D eigenvalue weighted by Gasteiger charge is -2.02. The summed E-state index contributed by atoms with van der Waals surface area (Å²) in [6, 6.07) is 20.1. The Morgan fingerprint density at radius 1 is 1.08 bits per heavy atom. The molecule has 0 radical (unpaired) electrons. The quantitative estimate of drug-likeness (QED) is 0.417. The second kappa shape index (κ2) is 7.75. The molecule has 0 atom stereocenters. The molecule has 0 amide bonds. The zero-order valence-electron chi connectivity index (χ0n) is 13.5. The third-order valence-electron chi connectivity index (χ3n) is 3.52. The van der Waals surface area contributed by atoms with Crippen molar-refractivity contribution in [2.75, 3.05) is 0 Å². The molecule has 0 fully saturated rings. The summed E-state index contributed by atoms with van der Waals surface area (Å²) in [5.41, 5.74) is 9.11. The molecule has 1 aromatic heterocycles. The summed E-state index contributed by atoms with van der Waals surface area (Å²) in [5.74, 6) is 0.464. The topological polar surface area (TPSA) is 60.5 Å². The Bertz CT molecular complexity index is 813. The molecule has 0 spiro atoms. The van der Waals surface area contributed by atoms with Gasteiger partial charge in [0, 0.05) is 12.0 Å². The monoisotopic (exact) mass is 337 g/mol. The van der Waals surface area contributed by atoms with Gasteiger partial charge in [-0.3, -0.25) is 0 Å². The van der Waals surface area contributed by atoms with Crippen molar-refractivity contribution in [3.63, 3.8) is 0 Å². The van der Waals surface area contributed by atoms with Crippen LogP contribution in [0, 0.1) is 6.92 Å². The van der Waals surface area contributed by atoms with E-state index in [1.165, 1.54) is 0 Å². The lowest BCUT2D eigenvalue weighted by Crippen LogP contribution is -2.15. The largest absolute Gasteiger partial charge is 0.389 e. The first-order valence-electron chi connectivity index (χ1n) is 7.72. The number of benzene rings is 2. The van der Waals surface area contributed by atoms with E-state index in [0.29, 0.717) is 18.9 Å². The average Bonchev–Trinajstić information content (AvgIpc) is 2.98. The molecule has 4 nitrogen and oxygen atoms in total. The van der Waals surface area contributed by atoms with Crippen LogP contribution in [0.2, 0.25) is 0 Å². The molecule has 2 aromatic carbocycles. The van der Waals surface area contributed by atoms with Gasteiger partial charge in [-0.05, 0) is 12.5 Å². The molecule has 3 rings (SSSR count). The van der Waals surface area contributed by atoms with Gasteiger partial charge in [0.05, 0.1) is 10.6 Å². The highest BCUT2D eigenvalue weighted by Crippen LogP contribution is 2.28. The van der Waals surface area contributed by atoms with Crippen molar-refractivity contribution in [1.29, 1.82) is 0 Å². The molecule has 0 saturated carbocycles. The molecule has 0 saturated heterocycles. The Morgan fingerprint density at radius 3 is 2.46 bits per heavy atom. The number of rotatable bonds is 6. The summed E-state index contributed by atoms with van der Waals surface area (Å²) in [7, 11) is 0. The number of aryl methyl sites for hydroxylation is 1. The number of oxime groups is 1. The minimum atomic E-state index is 0.381. The van der Waals surface area contributed by atoms with Gasteiger partial charge in [-0.25, -0.2) is 4.98 Å². The number of aromatic nitrogens is 1. The molecule has 3 aromatic rings. The van der Waals surface area contributed by atoms with Crippen LogP contribution >= 0.6 is 11.3 Å². The van der Waals surface area contributed by atoms with Crippen LogP contribution < -0.4 is 5.73 Å². The SMILES string of the molecule is Cc1nc(-c2ccccc2)sc1CO/N=C(\N)Cc1ccccc1. The predicted molar refractivity (Wildman–Crippen MR) is 98.8 cm³/mol. The van der Waals surface area contributed by atoms with Gasteiger partial charge in [-0.2, -0.15) is 0 Å². The van der Waals surface area contributed by atoms with Gasteiger partial charge in [-0.1, -0.05) is 65.8 Å². The van der Waals surface area contributed by atoms with Crippen molar-refractivity contribution in [2.45, 2.75) is 20.0 Å². The van der Waals surface area contributed by atoms with E-state index in [1.807, 2.05) is 55.5 Å². The highest BCUT2D eigenvalue weighted by Gasteiger charge is 2.09. The molecule has 122 valence electrons. The van der Waals surface area contributed by atoms with Crippen LogP contribution in [-0.2, 0) is 17.9 Å². The van der Waals surface area contributed by atoms with E-state index in [4.69, 9.17) is 10.6 Å². The van der Waals surface area contributed by atoms with E-state index in [2.05, 4.69) is 22.3 Å². The molecule has 0 aliphatic rings. The Balaban J connectivity index is 1.61. The predicted octanol–water partition coefficient (Wildman–Crippen LogP) is 4.15. The van der Waals surface area contributed by atoms with Crippen molar-refractivity contribution in [2.24, 2.45) is 10.9 Å². The Kier molecular flexibility index (Phi) is 5.23. The summed E-state index contributed by atoms with van der Waals surface area (Å²) in [6.45, 7) is 2.37. The molecule has 24 heavy (non-hydrogen) atoms. The Labute approximate surface area is 145 Å². The van der Waals surface area contributed by atoms with Crippen molar-refractivity contribution in [3.05, 3.63) is 76.8 Å². The van der Waals surface area contributed by atoms with Crippen LogP contribution in [0.15, 0.2) is 65.8 Å².